The van der Waals surface area contributed by atoms with Crippen LogP contribution in [0.4, 0.5) is 0 Å². The van der Waals surface area contributed by atoms with E-state index >= 15 is 0 Å². The molecular weight excluding hydrogens is 374 g/mol. The van der Waals surface area contributed by atoms with Gasteiger partial charge in [0.15, 0.2) is 0 Å². The molecule has 0 atom stereocenters. The number of carbonyl (C=O) groups is 1. The molecule has 2 aromatic rings. The highest BCUT2D eigenvalue weighted by molar-refractivity contribution is 7.89. The van der Waals surface area contributed by atoms with E-state index in [9.17, 15) is 13.2 Å². The molecular formula is C22H27NO4S. The van der Waals surface area contributed by atoms with E-state index in [1.54, 1.807) is 12.1 Å². The fourth-order valence-electron chi connectivity index (χ4n) is 3.50. The average Bonchev–Trinajstić information content (AvgIpc) is 2.67. The van der Waals surface area contributed by atoms with Crippen LogP contribution >= 0.6 is 0 Å². The molecule has 0 radical (unpaired) electrons. The molecule has 0 N–H and O–H groups in total. The minimum Gasteiger partial charge on any atom is -0.426 e. The van der Waals surface area contributed by atoms with E-state index in [0.29, 0.717) is 36.6 Å². The number of hydrogen-bond acceptors (Lipinski definition) is 4. The van der Waals surface area contributed by atoms with Crippen molar-refractivity contribution in [2.75, 3.05) is 13.1 Å². The molecule has 1 heterocycles. The predicted molar refractivity (Wildman–Crippen MR) is 109 cm³/mol. The van der Waals surface area contributed by atoms with Gasteiger partial charge in [0.2, 0.25) is 10.0 Å². The molecule has 0 aliphatic carbocycles. The molecule has 150 valence electrons. The molecule has 0 saturated carbocycles. The molecule has 1 aliphatic rings. The van der Waals surface area contributed by atoms with E-state index in [2.05, 4.69) is 0 Å². The van der Waals surface area contributed by atoms with Crippen molar-refractivity contribution in [3.63, 3.8) is 0 Å². The Morgan fingerprint density at radius 2 is 1.54 bits per heavy atom. The fourth-order valence-corrected chi connectivity index (χ4v) is 5.05. The number of ether oxygens (including phenoxy) is 1. The summed E-state index contributed by atoms with van der Waals surface area (Å²) >= 11 is 0. The smallest absolute Gasteiger partial charge is 0.314 e. The number of piperidine rings is 1. The maximum Gasteiger partial charge on any atom is 0.314 e. The molecule has 1 aliphatic heterocycles. The normalized spacial score (nSPS) is 16.1. The molecule has 0 aromatic heterocycles. The van der Waals surface area contributed by atoms with Crippen molar-refractivity contribution in [1.82, 2.24) is 4.31 Å². The van der Waals surface area contributed by atoms with Crippen molar-refractivity contribution in [3.8, 4) is 5.75 Å². The highest BCUT2D eigenvalue weighted by Crippen LogP contribution is 2.28. The summed E-state index contributed by atoms with van der Waals surface area (Å²) in [4.78, 5) is 12.9. The number of hydrogen-bond donors (Lipinski definition) is 0. The molecule has 0 bridgehead atoms. The van der Waals surface area contributed by atoms with Gasteiger partial charge in [-0.25, -0.2) is 8.42 Å². The Balaban J connectivity index is 1.66. The first kappa shape index (κ1) is 20.6. The van der Waals surface area contributed by atoms with Gasteiger partial charge in [-0.15, -0.1) is 0 Å². The summed E-state index contributed by atoms with van der Waals surface area (Å²) in [6, 6.07) is 10.9. The molecule has 3 rings (SSSR count). The Hall–Kier alpha value is -2.18. The number of sulfonamides is 1. The summed E-state index contributed by atoms with van der Waals surface area (Å²) in [5, 5.41) is 0. The van der Waals surface area contributed by atoms with E-state index in [4.69, 9.17) is 4.74 Å². The number of esters is 1. The van der Waals surface area contributed by atoms with Gasteiger partial charge in [-0.3, -0.25) is 4.79 Å². The highest BCUT2D eigenvalue weighted by Gasteiger charge is 2.33. The standard InChI is InChI=1S/C22H27NO4S/c1-15-8-9-20(14-18(15)4)28(25,26)23-12-10-19(11-13-23)22(24)27-21-16(2)6-5-7-17(21)3/h5-9,14,19H,10-13H2,1-4H3. The van der Waals surface area contributed by atoms with E-state index in [0.717, 1.165) is 22.3 Å². The van der Waals surface area contributed by atoms with Gasteiger partial charge in [0.1, 0.15) is 5.75 Å². The lowest BCUT2D eigenvalue weighted by Gasteiger charge is -2.30. The van der Waals surface area contributed by atoms with Gasteiger partial charge in [-0.05, 0) is 74.9 Å². The van der Waals surface area contributed by atoms with Gasteiger partial charge in [0.05, 0.1) is 10.8 Å². The second-order valence-electron chi connectivity index (χ2n) is 7.57. The largest absolute Gasteiger partial charge is 0.426 e. The van der Waals surface area contributed by atoms with Crippen molar-refractivity contribution in [1.29, 1.82) is 0 Å². The first-order valence-corrected chi connectivity index (χ1v) is 11.0. The number of rotatable bonds is 4. The number of benzene rings is 2. The monoisotopic (exact) mass is 401 g/mol. The zero-order valence-electron chi connectivity index (χ0n) is 16.9. The predicted octanol–water partition coefficient (Wildman–Crippen LogP) is 3.93. The van der Waals surface area contributed by atoms with Crippen LogP contribution in [0.2, 0.25) is 0 Å². The highest BCUT2D eigenvalue weighted by atomic mass is 32.2. The first-order valence-electron chi connectivity index (χ1n) is 9.55. The molecule has 5 nitrogen and oxygen atoms in total. The Kier molecular flexibility index (Phi) is 5.91. The van der Waals surface area contributed by atoms with Crippen LogP contribution in [0.5, 0.6) is 5.75 Å². The minimum absolute atomic E-state index is 0.277. The van der Waals surface area contributed by atoms with Gasteiger partial charge in [0.25, 0.3) is 0 Å². The van der Waals surface area contributed by atoms with Crippen molar-refractivity contribution < 1.29 is 17.9 Å². The van der Waals surface area contributed by atoms with E-state index < -0.39 is 10.0 Å². The van der Waals surface area contributed by atoms with E-state index in [-0.39, 0.29) is 11.9 Å². The Morgan fingerprint density at radius 1 is 0.929 bits per heavy atom. The maximum atomic E-state index is 12.9. The summed E-state index contributed by atoms with van der Waals surface area (Å²) in [6.45, 7) is 8.33. The minimum atomic E-state index is -3.54. The Labute approximate surface area is 167 Å². The van der Waals surface area contributed by atoms with Gasteiger partial charge in [-0.2, -0.15) is 4.31 Å². The molecule has 28 heavy (non-hydrogen) atoms. The number of carbonyl (C=O) groups excluding carboxylic acids is 1. The molecule has 2 aromatic carbocycles. The third-order valence-electron chi connectivity index (χ3n) is 5.51. The van der Waals surface area contributed by atoms with Crippen LogP contribution in [0.1, 0.15) is 35.1 Å². The van der Waals surface area contributed by atoms with E-state index in [1.807, 2.05) is 52.0 Å². The first-order chi connectivity index (χ1) is 13.2. The lowest BCUT2D eigenvalue weighted by molar-refractivity contribution is -0.140. The second-order valence-corrected chi connectivity index (χ2v) is 9.50. The third kappa shape index (κ3) is 4.13. The van der Waals surface area contributed by atoms with Crippen LogP contribution in [0.15, 0.2) is 41.3 Å². The second kappa shape index (κ2) is 8.05. The van der Waals surface area contributed by atoms with Crippen molar-refractivity contribution in [2.24, 2.45) is 5.92 Å². The van der Waals surface area contributed by atoms with Crippen LogP contribution in [-0.4, -0.2) is 31.8 Å². The Morgan fingerprint density at radius 3 is 2.11 bits per heavy atom. The zero-order chi connectivity index (χ0) is 20.5. The van der Waals surface area contributed by atoms with Crippen LogP contribution in [0.3, 0.4) is 0 Å². The number of para-hydroxylation sites is 1. The SMILES string of the molecule is Cc1ccc(S(=O)(=O)N2CCC(C(=O)Oc3c(C)cccc3C)CC2)cc1C. The van der Waals surface area contributed by atoms with Crippen molar-refractivity contribution >= 4 is 16.0 Å². The van der Waals surface area contributed by atoms with Crippen LogP contribution in [-0.2, 0) is 14.8 Å². The van der Waals surface area contributed by atoms with E-state index in [1.165, 1.54) is 4.31 Å². The van der Waals surface area contributed by atoms with Gasteiger partial charge in [0, 0.05) is 13.1 Å². The molecule has 0 spiro atoms. The van der Waals surface area contributed by atoms with Gasteiger partial charge in [-0.1, -0.05) is 24.3 Å². The summed E-state index contributed by atoms with van der Waals surface area (Å²) in [7, 11) is -3.54. The van der Waals surface area contributed by atoms with Crippen LogP contribution in [0.25, 0.3) is 0 Å². The molecule has 1 fully saturated rings. The number of nitrogens with zero attached hydrogens (tertiary/aromatic N) is 1. The van der Waals surface area contributed by atoms with Crippen molar-refractivity contribution in [2.45, 2.75) is 45.4 Å². The van der Waals surface area contributed by atoms with Gasteiger partial charge >= 0.3 is 5.97 Å². The zero-order valence-corrected chi connectivity index (χ0v) is 17.7. The Bertz CT molecular complexity index is 969. The lowest BCUT2D eigenvalue weighted by atomic mass is 9.98. The van der Waals surface area contributed by atoms with Crippen LogP contribution < -0.4 is 4.74 Å². The van der Waals surface area contributed by atoms with Crippen LogP contribution in [0, 0.1) is 33.6 Å². The quantitative estimate of drug-likeness (QED) is 0.575. The lowest BCUT2D eigenvalue weighted by Crippen LogP contribution is -2.41. The summed E-state index contributed by atoms with van der Waals surface area (Å²) < 4.78 is 32.9. The third-order valence-corrected chi connectivity index (χ3v) is 7.41. The maximum absolute atomic E-state index is 12.9. The summed E-state index contributed by atoms with van der Waals surface area (Å²) in [6.07, 6.45) is 0.932. The topological polar surface area (TPSA) is 63.7 Å². The molecule has 1 saturated heterocycles. The summed E-state index contributed by atoms with van der Waals surface area (Å²) in [5.41, 5.74) is 3.85. The summed E-state index contributed by atoms with van der Waals surface area (Å²) in [5.74, 6) is 0.0449. The van der Waals surface area contributed by atoms with Crippen molar-refractivity contribution in [3.05, 3.63) is 58.7 Å². The van der Waals surface area contributed by atoms with Gasteiger partial charge < -0.3 is 4.74 Å². The molecule has 0 unspecified atom stereocenters. The average molecular weight is 402 g/mol. The number of aryl methyl sites for hydroxylation is 4. The fraction of sp³-hybridized carbons (Fsp3) is 0.409. The molecule has 6 heteroatoms. The molecule has 0 amide bonds.